The van der Waals surface area contributed by atoms with E-state index in [0.717, 1.165) is 18.5 Å². The van der Waals surface area contributed by atoms with Crippen molar-refractivity contribution in [2.24, 2.45) is 11.7 Å². The topological polar surface area (TPSA) is 69.7 Å². The number of phenolic OH excluding ortho intramolecular Hbond substituents is 2. The van der Waals surface area contributed by atoms with Crippen LogP contribution in [0, 0.1) is 5.92 Å². The van der Waals surface area contributed by atoms with Crippen LogP contribution in [0.5, 0.6) is 11.5 Å². The monoisotopic (exact) mass is 222 g/mol. The van der Waals surface area contributed by atoms with Crippen molar-refractivity contribution in [1.82, 2.24) is 4.90 Å². The van der Waals surface area contributed by atoms with Gasteiger partial charge in [-0.15, -0.1) is 0 Å². The highest BCUT2D eigenvalue weighted by atomic mass is 16.3. The second-order valence-electron chi connectivity index (χ2n) is 4.54. The summed E-state index contributed by atoms with van der Waals surface area (Å²) in [5.74, 6) is 0.745. The van der Waals surface area contributed by atoms with Gasteiger partial charge in [-0.3, -0.25) is 4.90 Å². The Balaban J connectivity index is 2.24. The molecule has 1 saturated heterocycles. The SMILES string of the molecule is CN1CC(CN)CC1c1ccc(O)cc1O. The molecule has 1 fully saturated rings. The zero-order chi connectivity index (χ0) is 11.7. The van der Waals surface area contributed by atoms with Gasteiger partial charge in [0.1, 0.15) is 11.5 Å². The molecule has 0 aromatic heterocycles. The molecule has 0 saturated carbocycles. The minimum absolute atomic E-state index is 0.0947. The molecule has 88 valence electrons. The molecule has 1 heterocycles. The maximum absolute atomic E-state index is 9.81. The maximum Gasteiger partial charge on any atom is 0.124 e. The molecule has 0 spiro atoms. The van der Waals surface area contributed by atoms with Crippen molar-refractivity contribution in [2.75, 3.05) is 20.1 Å². The number of rotatable bonds is 2. The molecule has 1 aromatic rings. The Kier molecular flexibility index (Phi) is 3.03. The Labute approximate surface area is 95.3 Å². The smallest absolute Gasteiger partial charge is 0.124 e. The van der Waals surface area contributed by atoms with E-state index in [1.165, 1.54) is 6.07 Å². The third kappa shape index (κ3) is 1.99. The Morgan fingerprint density at radius 1 is 1.44 bits per heavy atom. The number of phenols is 2. The lowest BCUT2D eigenvalue weighted by molar-refractivity contribution is 0.305. The molecule has 2 unspecified atom stereocenters. The maximum atomic E-state index is 9.81. The van der Waals surface area contributed by atoms with Gasteiger partial charge in [-0.25, -0.2) is 0 Å². The molecule has 4 heteroatoms. The average molecular weight is 222 g/mol. The molecular weight excluding hydrogens is 204 g/mol. The molecular formula is C12H18N2O2. The number of likely N-dealkylation sites (tertiary alicyclic amines) is 1. The fourth-order valence-electron chi connectivity index (χ4n) is 2.45. The molecule has 4 N–H and O–H groups in total. The van der Waals surface area contributed by atoms with E-state index < -0.39 is 0 Å². The van der Waals surface area contributed by atoms with Gasteiger partial charge in [0.05, 0.1) is 0 Å². The first kappa shape index (κ1) is 11.2. The first-order chi connectivity index (χ1) is 7.61. The van der Waals surface area contributed by atoms with Gasteiger partial charge in [-0.1, -0.05) is 6.07 Å². The molecule has 1 aliphatic heterocycles. The Morgan fingerprint density at radius 2 is 2.19 bits per heavy atom. The number of benzene rings is 1. The molecule has 2 rings (SSSR count). The van der Waals surface area contributed by atoms with Gasteiger partial charge in [0.15, 0.2) is 0 Å². The summed E-state index contributed by atoms with van der Waals surface area (Å²) in [7, 11) is 2.03. The lowest BCUT2D eigenvalue weighted by atomic mass is 9.99. The number of hydrogen-bond acceptors (Lipinski definition) is 4. The van der Waals surface area contributed by atoms with Crippen molar-refractivity contribution in [1.29, 1.82) is 0 Å². The summed E-state index contributed by atoms with van der Waals surface area (Å²) in [5.41, 5.74) is 6.54. The standard InChI is InChI=1S/C12H18N2O2/c1-14-7-8(6-13)4-11(14)10-3-2-9(15)5-12(10)16/h2-3,5,8,11,15-16H,4,6-7,13H2,1H3. The normalized spacial score (nSPS) is 26.1. The van der Waals surface area contributed by atoms with Crippen LogP contribution < -0.4 is 5.73 Å². The molecule has 4 nitrogen and oxygen atoms in total. The highest BCUT2D eigenvalue weighted by Gasteiger charge is 2.31. The van der Waals surface area contributed by atoms with E-state index in [4.69, 9.17) is 5.73 Å². The van der Waals surface area contributed by atoms with Crippen LogP contribution >= 0.6 is 0 Å². The summed E-state index contributed by atoms with van der Waals surface area (Å²) >= 11 is 0. The summed E-state index contributed by atoms with van der Waals surface area (Å²) in [5, 5.41) is 19.1. The van der Waals surface area contributed by atoms with Crippen LogP contribution in [-0.2, 0) is 0 Å². The van der Waals surface area contributed by atoms with Crippen molar-refractivity contribution in [3.05, 3.63) is 23.8 Å². The zero-order valence-corrected chi connectivity index (χ0v) is 9.43. The average Bonchev–Trinajstić information content (AvgIpc) is 2.60. The van der Waals surface area contributed by atoms with Crippen LogP contribution in [0.15, 0.2) is 18.2 Å². The van der Waals surface area contributed by atoms with E-state index in [0.29, 0.717) is 12.5 Å². The minimum Gasteiger partial charge on any atom is -0.508 e. The number of hydrogen-bond donors (Lipinski definition) is 3. The van der Waals surface area contributed by atoms with Crippen molar-refractivity contribution >= 4 is 0 Å². The van der Waals surface area contributed by atoms with Gasteiger partial charge in [0.25, 0.3) is 0 Å². The van der Waals surface area contributed by atoms with E-state index in [1.54, 1.807) is 12.1 Å². The summed E-state index contributed by atoms with van der Waals surface area (Å²) in [6.07, 6.45) is 0.964. The molecule has 0 radical (unpaired) electrons. The summed E-state index contributed by atoms with van der Waals surface area (Å²) in [6.45, 7) is 1.64. The molecule has 16 heavy (non-hydrogen) atoms. The highest BCUT2D eigenvalue weighted by molar-refractivity contribution is 5.41. The summed E-state index contributed by atoms with van der Waals surface area (Å²) in [6, 6.07) is 4.98. The van der Waals surface area contributed by atoms with Crippen molar-refractivity contribution in [2.45, 2.75) is 12.5 Å². The zero-order valence-electron chi connectivity index (χ0n) is 9.43. The summed E-state index contributed by atoms with van der Waals surface area (Å²) < 4.78 is 0. The van der Waals surface area contributed by atoms with Gasteiger partial charge in [0.2, 0.25) is 0 Å². The van der Waals surface area contributed by atoms with Gasteiger partial charge in [0, 0.05) is 24.2 Å². The second-order valence-corrected chi connectivity index (χ2v) is 4.54. The third-order valence-electron chi connectivity index (χ3n) is 3.34. The quantitative estimate of drug-likeness (QED) is 0.699. The van der Waals surface area contributed by atoms with E-state index >= 15 is 0 Å². The van der Waals surface area contributed by atoms with Gasteiger partial charge < -0.3 is 15.9 Å². The number of nitrogens with two attached hydrogens (primary N) is 1. The Morgan fingerprint density at radius 3 is 2.75 bits per heavy atom. The predicted octanol–water partition coefficient (Wildman–Crippen LogP) is 1.05. The summed E-state index contributed by atoms with van der Waals surface area (Å²) in [4.78, 5) is 2.20. The van der Waals surface area contributed by atoms with E-state index in [2.05, 4.69) is 4.90 Å². The van der Waals surface area contributed by atoms with Crippen LogP contribution in [0.3, 0.4) is 0 Å². The highest BCUT2D eigenvalue weighted by Crippen LogP contribution is 2.38. The third-order valence-corrected chi connectivity index (χ3v) is 3.34. The number of aromatic hydroxyl groups is 2. The van der Waals surface area contributed by atoms with Crippen LogP contribution in [0.4, 0.5) is 0 Å². The Bertz CT molecular complexity index is 381. The van der Waals surface area contributed by atoms with Crippen molar-refractivity contribution in [3.8, 4) is 11.5 Å². The molecule has 1 aromatic carbocycles. The molecule has 0 aliphatic carbocycles. The molecule has 0 bridgehead atoms. The Hall–Kier alpha value is -1.26. The fourth-order valence-corrected chi connectivity index (χ4v) is 2.45. The first-order valence-electron chi connectivity index (χ1n) is 5.54. The lowest BCUT2D eigenvalue weighted by Crippen LogP contribution is -2.20. The van der Waals surface area contributed by atoms with Gasteiger partial charge in [-0.2, -0.15) is 0 Å². The molecule has 1 aliphatic rings. The van der Waals surface area contributed by atoms with Gasteiger partial charge >= 0.3 is 0 Å². The van der Waals surface area contributed by atoms with E-state index in [9.17, 15) is 10.2 Å². The van der Waals surface area contributed by atoms with Crippen LogP contribution in [0.1, 0.15) is 18.0 Å². The number of nitrogens with zero attached hydrogens (tertiary/aromatic N) is 1. The predicted molar refractivity (Wildman–Crippen MR) is 62.3 cm³/mol. The molecule has 2 atom stereocenters. The van der Waals surface area contributed by atoms with E-state index in [-0.39, 0.29) is 17.5 Å². The largest absolute Gasteiger partial charge is 0.508 e. The minimum atomic E-state index is 0.0947. The van der Waals surface area contributed by atoms with Crippen molar-refractivity contribution < 1.29 is 10.2 Å². The van der Waals surface area contributed by atoms with Crippen molar-refractivity contribution in [3.63, 3.8) is 0 Å². The second kappa shape index (κ2) is 4.31. The van der Waals surface area contributed by atoms with Crippen LogP contribution in [-0.4, -0.2) is 35.3 Å². The lowest BCUT2D eigenvalue weighted by Gasteiger charge is -2.20. The van der Waals surface area contributed by atoms with Crippen LogP contribution in [0.2, 0.25) is 0 Å². The van der Waals surface area contributed by atoms with Crippen LogP contribution in [0.25, 0.3) is 0 Å². The van der Waals surface area contributed by atoms with E-state index in [1.807, 2.05) is 7.05 Å². The fraction of sp³-hybridized carbons (Fsp3) is 0.500. The van der Waals surface area contributed by atoms with Gasteiger partial charge in [-0.05, 0) is 32.0 Å². The molecule has 0 amide bonds. The first-order valence-corrected chi connectivity index (χ1v) is 5.54.